The molecule has 3 nitrogen and oxygen atoms in total. The SMILES string of the molecule is CCCCCCCCCC[O][Sn]([O][Sn]([O]CCCCCCCCCC)([C](F)(F)C(F)(F)C(C)F)[C](F)(F)C(F)(F)C(C)F)([C](F)(F)C(F)(F)C(C)F)[C](F)(F)C(F)(F)C(C)F. The molecule has 0 bridgehead atoms. The maximum atomic E-state index is 16.5. The summed E-state index contributed by atoms with van der Waals surface area (Å²) in [6, 6.07) is 0. The van der Waals surface area contributed by atoms with Gasteiger partial charge in [0, 0.05) is 0 Å². The van der Waals surface area contributed by atoms with Gasteiger partial charge in [-0.25, -0.2) is 0 Å². The Bertz CT molecular complexity index is 1100. The molecule has 0 heterocycles. The molecule has 0 aromatic heterocycles. The van der Waals surface area contributed by atoms with Gasteiger partial charge < -0.3 is 0 Å². The number of hydrogen-bond acceptors (Lipinski definition) is 3. The van der Waals surface area contributed by atoms with Gasteiger partial charge in [-0.3, -0.25) is 0 Å². The molecule has 0 saturated carbocycles. The minimum absolute atomic E-state index is 0.0131. The number of halogens is 20. The third-order valence-corrected chi connectivity index (χ3v) is 39.6. The zero-order valence-electron chi connectivity index (χ0n) is 34.8. The van der Waals surface area contributed by atoms with E-state index in [0.29, 0.717) is 38.5 Å². The van der Waals surface area contributed by atoms with E-state index in [1.165, 1.54) is 0 Å². The van der Waals surface area contributed by atoms with Crippen LogP contribution in [-0.2, 0) is 7.56 Å². The van der Waals surface area contributed by atoms with Crippen LogP contribution in [0, 0.1) is 0 Å². The first-order chi connectivity index (χ1) is 27.6. The second-order valence-corrected chi connectivity index (χ2v) is 35.6. The van der Waals surface area contributed by atoms with Crippen molar-refractivity contribution in [3.63, 3.8) is 0 Å². The van der Waals surface area contributed by atoms with E-state index in [1.54, 1.807) is 0 Å². The Hall–Kier alpha value is 0.0774. The van der Waals surface area contributed by atoms with E-state index in [-0.39, 0.29) is 25.7 Å². The molecule has 25 heteroatoms. The fraction of sp³-hybridized carbons (Fsp3) is 1.00. The molecule has 4 unspecified atom stereocenters. The van der Waals surface area contributed by atoms with Crippen molar-refractivity contribution in [3.05, 3.63) is 0 Å². The van der Waals surface area contributed by atoms with Gasteiger partial charge in [-0.1, -0.05) is 0 Å². The van der Waals surface area contributed by atoms with Crippen molar-refractivity contribution in [1.29, 1.82) is 0 Å². The third-order valence-electron chi connectivity index (χ3n) is 10.2. The number of unbranched alkanes of at least 4 members (excludes halogenated alkanes) is 14. The molecular weight excluding hydrogens is 1100 g/mol. The molecule has 0 radical (unpaired) electrons. The zero-order valence-corrected chi connectivity index (χ0v) is 40.5. The van der Waals surface area contributed by atoms with Crippen molar-refractivity contribution < 1.29 is 95.4 Å². The van der Waals surface area contributed by atoms with Gasteiger partial charge in [0.25, 0.3) is 0 Å². The van der Waals surface area contributed by atoms with Crippen molar-refractivity contribution >= 4 is 38.4 Å². The second kappa shape index (κ2) is 24.2. The van der Waals surface area contributed by atoms with Crippen molar-refractivity contribution in [2.45, 2.75) is 208 Å². The topological polar surface area (TPSA) is 27.7 Å². The Balaban J connectivity index is 8.67. The Morgan fingerprint density at radius 3 is 0.689 bits per heavy atom. The summed E-state index contributed by atoms with van der Waals surface area (Å²) in [6.07, 6.45) is -15.6. The summed E-state index contributed by atoms with van der Waals surface area (Å²) in [5, 5.41) is 0. The van der Waals surface area contributed by atoms with Gasteiger partial charge in [0.15, 0.2) is 0 Å². The van der Waals surface area contributed by atoms with Crippen LogP contribution in [-0.4, -0.2) is 116 Å². The zero-order chi connectivity index (χ0) is 48.2. The van der Waals surface area contributed by atoms with E-state index in [4.69, 9.17) is 0 Å². The number of rotatable bonds is 34. The molecule has 0 aliphatic carbocycles. The quantitative estimate of drug-likeness (QED) is 0.0365. The molecule has 61 heavy (non-hydrogen) atoms. The van der Waals surface area contributed by atoms with Crippen LogP contribution in [0.3, 0.4) is 0 Å². The average Bonchev–Trinajstić information content (AvgIpc) is 3.14. The van der Waals surface area contributed by atoms with Crippen molar-refractivity contribution in [2.75, 3.05) is 13.2 Å². The molecule has 0 aromatic rings. The summed E-state index contributed by atoms with van der Waals surface area (Å²) in [4.78, 5) is 0. The van der Waals surface area contributed by atoms with Gasteiger partial charge >= 0.3 is 355 Å². The van der Waals surface area contributed by atoms with Gasteiger partial charge in [-0.2, -0.15) is 0 Å². The van der Waals surface area contributed by atoms with Crippen molar-refractivity contribution in [3.8, 4) is 0 Å². The van der Waals surface area contributed by atoms with Crippen molar-refractivity contribution in [2.24, 2.45) is 0 Å². The Morgan fingerprint density at radius 1 is 0.328 bits per heavy atom. The van der Waals surface area contributed by atoms with E-state index in [2.05, 4.69) is 7.56 Å². The molecule has 0 aliphatic heterocycles. The van der Waals surface area contributed by atoms with Gasteiger partial charge in [-0.15, -0.1) is 0 Å². The molecule has 0 saturated heterocycles. The summed E-state index contributed by atoms with van der Waals surface area (Å²) in [5.41, 5.74) is 0. The number of alkyl halides is 20. The molecule has 0 aliphatic rings. The first-order valence-electron chi connectivity index (χ1n) is 20.2. The predicted molar refractivity (Wildman–Crippen MR) is 192 cm³/mol. The normalized spacial score (nSPS) is 18.4. The molecular formula is C36H58F20O3Sn2. The molecule has 0 N–H and O–H groups in total. The summed E-state index contributed by atoms with van der Waals surface area (Å²) >= 11 is -22.5. The molecule has 0 spiro atoms. The summed E-state index contributed by atoms with van der Waals surface area (Å²) in [5.74, 6) is -28.0. The molecule has 0 fully saturated rings. The van der Waals surface area contributed by atoms with Crippen LogP contribution >= 0.6 is 0 Å². The van der Waals surface area contributed by atoms with Gasteiger partial charge in [0.05, 0.1) is 0 Å². The van der Waals surface area contributed by atoms with E-state index >= 15 is 70.2 Å². The van der Waals surface area contributed by atoms with E-state index < -0.39 is 169 Å². The summed E-state index contributed by atoms with van der Waals surface area (Å²) in [7, 11) is 0. The molecule has 368 valence electrons. The fourth-order valence-electron chi connectivity index (χ4n) is 6.06. The van der Waals surface area contributed by atoms with Crippen LogP contribution in [0.15, 0.2) is 0 Å². The molecule has 0 aromatic carbocycles. The van der Waals surface area contributed by atoms with Gasteiger partial charge in [0.2, 0.25) is 0 Å². The van der Waals surface area contributed by atoms with Crippen LogP contribution in [0.1, 0.15) is 144 Å². The van der Waals surface area contributed by atoms with Crippen LogP contribution in [0.4, 0.5) is 87.8 Å². The standard InChI is InChI=1S/2C10H21O.4C4H4F5.O.2Sn/c2*1-2-3-4-5-6-7-8-9-10-11;4*1-2(5)4(8,9)3(6)7;;;/h2*2-10H2,1H3;4*2H,1H3;;;/q2*-1;;;;;;2*+1. The Labute approximate surface area is 354 Å². The van der Waals surface area contributed by atoms with E-state index in [0.717, 1.165) is 12.8 Å². The van der Waals surface area contributed by atoms with Crippen LogP contribution < -0.4 is 0 Å². The van der Waals surface area contributed by atoms with Crippen molar-refractivity contribution in [1.82, 2.24) is 0 Å². The second-order valence-electron chi connectivity index (χ2n) is 15.2. The summed E-state index contributed by atoms with van der Waals surface area (Å²) < 4.78 is 295. The predicted octanol–water partition coefficient (Wildman–Crippen LogP) is 14.9. The van der Waals surface area contributed by atoms with Crippen LogP contribution in [0.25, 0.3) is 0 Å². The third kappa shape index (κ3) is 12.7. The minimum atomic E-state index is -11.2. The first kappa shape index (κ1) is 61.1. The first-order valence-corrected chi connectivity index (χ1v) is 30.5. The van der Waals surface area contributed by atoms with Gasteiger partial charge in [-0.05, 0) is 0 Å². The van der Waals surface area contributed by atoms with Crippen LogP contribution in [0.5, 0.6) is 0 Å². The summed E-state index contributed by atoms with van der Waals surface area (Å²) in [6.45, 7) is -2.83. The average molecular weight is 1160 g/mol. The van der Waals surface area contributed by atoms with Crippen LogP contribution in [0.2, 0.25) is 0 Å². The maximum absolute atomic E-state index is 16.5. The fourth-order valence-corrected chi connectivity index (χ4v) is 42.9. The van der Waals surface area contributed by atoms with Gasteiger partial charge in [0.1, 0.15) is 0 Å². The van der Waals surface area contributed by atoms with E-state index in [1.807, 2.05) is 13.8 Å². The monoisotopic (exact) mass is 1160 g/mol. The number of hydrogen-bond donors (Lipinski definition) is 0. The van der Waals surface area contributed by atoms with E-state index in [9.17, 15) is 17.6 Å². The molecule has 0 amide bonds. The molecule has 4 atom stereocenters. The Kier molecular flexibility index (Phi) is 24.2. The molecule has 0 rings (SSSR count). The Morgan fingerprint density at radius 2 is 0.508 bits per heavy atom.